The number of unbranched alkanes of at least 4 members (excludes halogenated alkanes) is 15. The van der Waals surface area contributed by atoms with Crippen molar-refractivity contribution in [2.24, 2.45) is 0 Å². The molecule has 0 spiro atoms. The van der Waals surface area contributed by atoms with Gasteiger partial charge in [0.1, 0.15) is 0 Å². The summed E-state index contributed by atoms with van der Waals surface area (Å²) in [5, 5.41) is 25.0. The topological polar surface area (TPSA) is 112 Å². The highest BCUT2D eigenvalue weighted by atomic mass is 16.4. The molecule has 0 saturated heterocycles. The highest BCUT2D eigenvalue weighted by Crippen LogP contribution is 2.12. The Hall–Kier alpha value is -1.59. The van der Waals surface area contributed by atoms with Crippen LogP contribution in [-0.2, 0) is 14.4 Å². The Morgan fingerprint density at radius 1 is 0.400 bits per heavy atom. The minimum absolute atomic E-state index is 0.188. The van der Waals surface area contributed by atoms with E-state index >= 15 is 0 Å². The van der Waals surface area contributed by atoms with Gasteiger partial charge in [0.25, 0.3) is 0 Å². The van der Waals surface area contributed by atoms with Gasteiger partial charge in [0, 0.05) is 19.3 Å². The average Bonchev–Trinajstić information content (AvgIpc) is 2.68. The molecule has 0 aliphatic rings. The Bertz CT molecular complexity index is 391. The van der Waals surface area contributed by atoms with Crippen molar-refractivity contribution >= 4 is 17.9 Å². The fourth-order valence-corrected chi connectivity index (χ4v) is 3.20. The number of hydrogen-bond donors (Lipinski definition) is 3. The molecular weight excluding hydrogens is 384 g/mol. The highest BCUT2D eigenvalue weighted by molar-refractivity contribution is 5.67. The molecule has 0 aromatic heterocycles. The summed E-state index contributed by atoms with van der Waals surface area (Å²) >= 11 is 0. The molecule has 0 heterocycles. The quantitative estimate of drug-likeness (QED) is 0.168. The van der Waals surface area contributed by atoms with Crippen molar-refractivity contribution in [1.82, 2.24) is 0 Å². The minimum Gasteiger partial charge on any atom is -0.481 e. The van der Waals surface area contributed by atoms with Crippen LogP contribution in [0.3, 0.4) is 0 Å². The van der Waals surface area contributed by atoms with Crippen LogP contribution in [0.25, 0.3) is 0 Å². The maximum Gasteiger partial charge on any atom is 0.303 e. The van der Waals surface area contributed by atoms with Crippen LogP contribution < -0.4 is 0 Å². The summed E-state index contributed by atoms with van der Waals surface area (Å²) in [6.45, 7) is 2.26. The van der Waals surface area contributed by atoms with Crippen molar-refractivity contribution in [2.75, 3.05) is 0 Å². The van der Waals surface area contributed by atoms with E-state index in [1.165, 1.54) is 70.6 Å². The van der Waals surface area contributed by atoms with Gasteiger partial charge in [-0.15, -0.1) is 0 Å². The van der Waals surface area contributed by atoms with Gasteiger partial charge in [0.15, 0.2) is 0 Å². The lowest BCUT2D eigenvalue weighted by molar-refractivity contribution is -0.138. The normalized spacial score (nSPS) is 10.3. The lowest BCUT2D eigenvalue weighted by Crippen LogP contribution is -1.95. The maximum absolute atomic E-state index is 10.3. The summed E-state index contributed by atoms with van der Waals surface area (Å²) in [5.74, 6) is -2.22. The van der Waals surface area contributed by atoms with Gasteiger partial charge in [0.2, 0.25) is 0 Å². The van der Waals surface area contributed by atoms with Gasteiger partial charge in [-0.05, 0) is 19.3 Å². The van der Waals surface area contributed by atoms with Crippen LogP contribution >= 0.6 is 0 Å². The van der Waals surface area contributed by atoms with Crippen LogP contribution in [0.2, 0.25) is 0 Å². The summed E-state index contributed by atoms with van der Waals surface area (Å²) < 4.78 is 0. The third-order valence-electron chi connectivity index (χ3n) is 5.03. The molecule has 6 nitrogen and oxygen atoms in total. The van der Waals surface area contributed by atoms with Crippen LogP contribution in [0.1, 0.15) is 135 Å². The fourth-order valence-electron chi connectivity index (χ4n) is 3.20. The molecule has 0 aromatic rings. The van der Waals surface area contributed by atoms with Crippen LogP contribution in [0.5, 0.6) is 0 Å². The van der Waals surface area contributed by atoms with E-state index in [4.69, 9.17) is 15.3 Å². The molecule has 3 N–H and O–H groups in total. The molecule has 0 aromatic carbocycles. The Kier molecular flexibility index (Phi) is 26.0. The van der Waals surface area contributed by atoms with E-state index in [0.29, 0.717) is 19.3 Å². The largest absolute Gasteiger partial charge is 0.481 e. The van der Waals surface area contributed by atoms with Gasteiger partial charge in [-0.3, -0.25) is 14.4 Å². The Balaban J connectivity index is 0. The summed E-state index contributed by atoms with van der Waals surface area (Å²) in [4.78, 5) is 30.4. The van der Waals surface area contributed by atoms with Gasteiger partial charge in [-0.2, -0.15) is 0 Å². The van der Waals surface area contributed by atoms with E-state index in [9.17, 15) is 14.4 Å². The lowest BCUT2D eigenvalue weighted by atomic mass is 10.0. The molecule has 0 aliphatic heterocycles. The van der Waals surface area contributed by atoms with Crippen LogP contribution in [0.4, 0.5) is 0 Å². The zero-order valence-electron chi connectivity index (χ0n) is 19.2. The number of carboxylic acid groups (broad SMARTS) is 3. The smallest absolute Gasteiger partial charge is 0.303 e. The second-order valence-electron chi connectivity index (χ2n) is 8.09. The van der Waals surface area contributed by atoms with Crippen molar-refractivity contribution in [2.45, 2.75) is 135 Å². The van der Waals surface area contributed by atoms with Crippen LogP contribution in [0, 0.1) is 0 Å². The lowest BCUT2D eigenvalue weighted by Gasteiger charge is -2.02. The van der Waals surface area contributed by atoms with Crippen molar-refractivity contribution < 1.29 is 29.7 Å². The Morgan fingerprint density at radius 3 is 0.800 bits per heavy atom. The Morgan fingerprint density at radius 2 is 0.600 bits per heavy atom. The number of hydrogen-bond acceptors (Lipinski definition) is 3. The molecule has 0 saturated carbocycles. The summed E-state index contributed by atoms with van der Waals surface area (Å²) in [5.41, 5.74) is 0. The van der Waals surface area contributed by atoms with E-state index in [2.05, 4.69) is 6.92 Å². The molecule has 178 valence electrons. The number of rotatable bonds is 21. The first-order chi connectivity index (χ1) is 14.4. The molecule has 0 unspecified atom stereocenters. The third-order valence-corrected chi connectivity index (χ3v) is 5.03. The molecule has 0 aliphatic carbocycles. The average molecular weight is 431 g/mol. The summed E-state index contributed by atoms with van der Waals surface area (Å²) in [6.07, 6.45) is 20.6. The summed E-state index contributed by atoms with van der Waals surface area (Å²) in [7, 11) is 0. The molecule has 0 radical (unpaired) electrons. The third kappa shape index (κ3) is 34.0. The second-order valence-corrected chi connectivity index (χ2v) is 8.09. The first kappa shape index (κ1) is 30.6. The monoisotopic (exact) mass is 430 g/mol. The predicted octanol–water partition coefficient (Wildman–Crippen LogP) is 7.05. The fraction of sp³-hybridized carbons (Fsp3) is 0.875. The molecule has 30 heavy (non-hydrogen) atoms. The Labute approximate surface area is 183 Å². The van der Waals surface area contributed by atoms with E-state index < -0.39 is 17.9 Å². The number of carboxylic acids is 3. The molecule has 6 heteroatoms. The first-order valence-electron chi connectivity index (χ1n) is 12.1. The highest BCUT2D eigenvalue weighted by Gasteiger charge is 1.99. The van der Waals surface area contributed by atoms with E-state index in [-0.39, 0.29) is 12.8 Å². The second kappa shape index (κ2) is 25.4. The zero-order chi connectivity index (χ0) is 22.9. The molecule has 0 fully saturated rings. The van der Waals surface area contributed by atoms with Gasteiger partial charge in [0.05, 0.1) is 0 Å². The predicted molar refractivity (Wildman–Crippen MR) is 121 cm³/mol. The van der Waals surface area contributed by atoms with Gasteiger partial charge in [-0.25, -0.2) is 0 Å². The SMILES string of the molecule is CCCCCCCCCCCCCCCC(=O)O.O=C(O)CCCCCCC(=O)O. The van der Waals surface area contributed by atoms with Crippen LogP contribution in [-0.4, -0.2) is 33.2 Å². The molecule has 0 amide bonds. The molecular formula is C24H46O6. The van der Waals surface area contributed by atoms with Crippen LogP contribution in [0.15, 0.2) is 0 Å². The van der Waals surface area contributed by atoms with E-state index in [1.807, 2.05) is 0 Å². The molecule has 0 rings (SSSR count). The zero-order valence-corrected chi connectivity index (χ0v) is 19.2. The van der Waals surface area contributed by atoms with Crippen molar-refractivity contribution in [3.05, 3.63) is 0 Å². The van der Waals surface area contributed by atoms with Crippen molar-refractivity contribution in [3.8, 4) is 0 Å². The maximum atomic E-state index is 10.3. The van der Waals surface area contributed by atoms with Crippen molar-refractivity contribution in [1.29, 1.82) is 0 Å². The number of aliphatic carboxylic acids is 3. The minimum atomic E-state index is -0.784. The van der Waals surface area contributed by atoms with Crippen molar-refractivity contribution in [3.63, 3.8) is 0 Å². The number of carbonyl (C=O) groups is 3. The molecule has 0 bridgehead atoms. The van der Waals surface area contributed by atoms with E-state index in [0.717, 1.165) is 25.7 Å². The van der Waals surface area contributed by atoms with Gasteiger partial charge >= 0.3 is 17.9 Å². The first-order valence-corrected chi connectivity index (χ1v) is 12.1. The van der Waals surface area contributed by atoms with Gasteiger partial charge < -0.3 is 15.3 Å². The van der Waals surface area contributed by atoms with Gasteiger partial charge in [-0.1, -0.05) is 96.8 Å². The van der Waals surface area contributed by atoms with E-state index in [1.54, 1.807) is 0 Å². The standard InChI is InChI=1S/C16H32O2.C8H14O4/c1-2-3-4-5-6-7-8-9-10-11-12-13-14-15-16(17)18;9-7(10)5-3-1-2-4-6-8(11)12/h2-15H2,1H3,(H,17,18);1-6H2,(H,9,10)(H,11,12). The summed E-state index contributed by atoms with van der Waals surface area (Å²) in [6, 6.07) is 0. The molecule has 0 atom stereocenters.